The van der Waals surface area contributed by atoms with Gasteiger partial charge in [-0.1, -0.05) is 60.7 Å². The van der Waals surface area contributed by atoms with Crippen LogP contribution in [0.4, 0.5) is 0 Å². The number of benzene rings is 3. The topological polar surface area (TPSA) is 55.7 Å². The predicted molar refractivity (Wildman–Crippen MR) is 92.6 cm³/mol. The largest absolute Gasteiger partial charge is 0.289 e. The van der Waals surface area contributed by atoms with Crippen LogP contribution in [0.3, 0.4) is 0 Å². The molecular formula is C20H13N3O. The number of carbonyl (C=O) groups excluding carboxylic acids is 1. The number of nitrogens with zero attached hydrogens (tertiary/aromatic N) is 3. The molecular weight excluding hydrogens is 298 g/mol. The van der Waals surface area contributed by atoms with Gasteiger partial charge in [0.1, 0.15) is 19.0 Å². The highest BCUT2D eigenvalue weighted by atomic mass is 16.1. The monoisotopic (exact) mass is 311 g/mol. The van der Waals surface area contributed by atoms with E-state index < -0.39 is 0 Å². The maximum atomic E-state index is 12.5. The van der Waals surface area contributed by atoms with Gasteiger partial charge in [-0.3, -0.25) is 4.79 Å². The van der Waals surface area contributed by atoms with Crippen LogP contribution in [0.5, 0.6) is 0 Å². The molecule has 0 bridgehead atoms. The van der Waals surface area contributed by atoms with Crippen LogP contribution in [-0.4, -0.2) is 20.7 Å². The summed E-state index contributed by atoms with van der Waals surface area (Å²) in [5.74, 6) is 0.134. The predicted octanol–water partition coefficient (Wildman–Crippen LogP) is 3.92. The molecule has 0 fully saturated rings. The first-order chi connectivity index (χ1) is 11.9. The van der Waals surface area contributed by atoms with Gasteiger partial charge in [0.2, 0.25) is 0 Å². The molecule has 0 atom stereocenters. The normalized spacial score (nSPS) is 11.4. The lowest BCUT2D eigenvalue weighted by atomic mass is 9.83. The summed E-state index contributed by atoms with van der Waals surface area (Å²) < 4.78 is 0. The van der Waals surface area contributed by atoms with Gasteiger partial charge in [-0.05, 0) is 16.5 Å². The van der Waals surface area contributed by atoms with E-state index in [1.807, 2.05) is 42.5 Å². The van der Waals surface area contributed by atoms with Gasteiger partial charge in [-0.2, -0.15) is 0 Å². The summed E-state index contributed by atoms with van der Waals surface area (Å²) in [4.78, 5) is 23.2. The second-order valence-corrected chi connectivity index (χ2v) is 5.38. The van der Waals surface area contributed by atoms with Crippen molar-refractivity contribution in [2.75, 3.05) is 0 Å². The molecule has 0 aliphatic heterocycles. The highest BCUT2D eigenvalue weighted by Crippen LogP contribution is 2.38. The van der Waals surface area contributed by atoms with Gasteiger partial charge in [0, 0.05) is 16.5 Å². The average molecular weight is 311 g/mol. The van der Waals surface area contributed by atoms with Crippen LogP contribution in [0, 0.1) is 0 Å². The van der Waals surface area contributed by atoms with Crippen molar-refractivity contribution in [3.8, 4) is 11.1 Å². The molecule has 0 amide bonds. The Balaban J connectivity index is 0.000000207. The lowest BCUT2D eigenvalue weighted by molar-refractivity contribution is 0.104. The molecule has 4 aromatic rings. The summed E-state index contributed by atoms with van der Waals surface area (Å²) in [7, 11) is 0. The molecule has 1 aromatic heterocycles. The highest BCUT2D eigenvalue weighted by Gasteiger charge is 2.23. The molecule has 0 N–H and O–H groups in total. The van der Waals surface area contributed by atoms with Gasteiger partial charge in [-0.15, -0.1) is 0 Å². The molecule has 1 heterocycles. The lowest BCUT2D eigenvalue weighted by Crippen LogP contribution is -2.09. The summed E-state index contributed by atoms with van der Waals surface area (Å²) in [6.45, 7) is 0. The zero-order valence-electron chi connectivity index (χ0n) is 12.8. The van der Waals surface area contributed by atoms with Crippen LogP contribution in [0.1, 0.15) is 15.9 Å². The van der Waals surface area contributed by atoms with Gasteiger partial charge >= 0.3 is 0 Å². The average Bonchev–Trinajstić information content (AvgIpc) is 2.68. The first-order valence-corrected chi connectivity index (χ1v) is 7.57. The van der Waals surface area contributed by atoms with Crippen LogP contribution in [0.15, 0.2) is 79.6 Å². The van der Waals surface area contributed by atoms with E-state index in [1.165, 1.54) is 24.5 Å². The first kappa shape index (κ1) is 14.2. The number of aromatic nitrogens is 3. The van der Waals surface area contributed by atoms with E-state index in [0.29, 0.717) is 0 Å². The van der Waals surface area contributed by atoms with Crippen LogP contribution >= 0.6 is 0 Å². The third kappa shape index (κ3) is 2.34. The van der Waals surface area contributed by atoms with E-state index in [2.05, 4.69) is 33.2 Å². The van der Waals surface area contributed by atoms with Crippen molar-refractivity contribution in [2.24, 2.45) is 0 Å². The molecule has 24 heavy (non-hydrogen) atoms. The Morgan fingerprint density at radius 3 is 1.71 bits per heavy atom. The van der Waals surface area contributed by atoms with Crippen molar-refractivity contribution in [3.63, 3.8) is 0 Å². The van der Waals surface area contributed by atoms with Gasteiger partial charge < -0.3 is 0 Å². The summed E-state index contributed by atoms with van der Waals surface area (Å²) in [5.41, 5.74) is 3.84. The van der Waals surface area contributed by atoms with E-state index in [0.717, 1.165) is 27.5 Å². The molecule has 0 spiro atoms. The third-order valence-electron chi connectivity index (χ3n) is 4.01. The van der Waals surface area contributed by atoms with E-state index in [-0.39, 0.29) is 5.78 Å². The molecule has 1 aliphatic carbocycles. The van der Waals surface area contributed by atoms with Gasteiger partial charge in [-0.25, -0.2) is 15.0 Å². The minimum atomic E-state index is 0.134. The van der Waals surface area contributed by atoms with Crippen molar-refractivity contribution < 1.29 is 4.79 Å². The number of rotatable bonds is 0. The maximum absolute atomic E-state index is 12.5. The van der Waals surface area contributed by atoms with Gasteiger partial charge in [0.05, 0.1) is 0 Å². The third-order valence-corrected chi connectivity index (χ3v) is 4.01. The quantitative estimate of drug-likeness (QED) is 0.435. The molecule has 0 saturated carbocycles. The fourth-order valence-corrected chi connectivity index (χ4v) is 3.02. The molecule has 114 valence electrons. The zero-order chi connectivity index (χ0) is 16.4. The van der Waals surface area contributed by atoms with Gasteiger partial charge in [0.15, 0.2) is 5.78 Å². The lowest BCUT2D eigenvalue weighted by Gasteiger charge is -2.19. The minimum absolute atomic E-state index is 0.134. The van der Waals surface area contributed by atoms with Crippen molar-refractivity contribution in [2.45, 2.75) is 0 Å². The van der Waals surface area contributed by atoms with Gasteiger partial charge in [0.25, 0.3) is 0 Å². The first-order valence-electron chi connectivity index (χ1n) is 7.57. The van der Waals surface area contributed by atoms with E-state index in [4.69, 9.17) is 0 Å². The Bertz CT molecular complexity index is 997. The molecule has 1 aliphatic rings. The summed E-state index contributed by atoms with van der Waals surface area (Å²) >= 11 is 0. The Morgan fingerprint density at radius 2 is 1.08 bits per heavy atom. The van der Waals surface area contributed by atoms with E-state index in [9.17, 15) is 4.79 Å². The zero-order valence-corrected chi connectivity index (χ0v) is 12.8. The molecule has 4 nitrogen and oxygen atoms in total. The fourth-order valence-electron chi connectivity index (χ4n) is 3.02. The number of carbonyl (C=O) groups is 1. The molecule has 0 radical (unpaired) electrons. The second kappa shape index (κ2) is 6.01. The number of fused-ring (bicyclic) bond motifs is 2. The fraction of sp³-hybridized carbons (Fsp3) is 0. The Morgan fingerprint density at radius 1 is 0.542 bits per heavy atom. The van der Waals surface area contributed by atoms with Crippen LogP contribution < -0.4 is 0 Å². The minimum Gasteiger partial charge on any atom is -0.289 e. The second-order valence-electron chi connectivity index (χ2n) is 5.38. The summed E-state index contributed by atoms with van der Waals surface area (Å²) in [6, 6.07) is 20.0. The Kier molecular flexibility index (Phi) is 3.56. The molecule has 5 rings (SSSR count). The molecule has 3 aromatic carbocycles. The smallest absolute Gasteiger partial charge is 0.194 e. The molecule has 4 heteroatoms. The van der Waals surface area contributed by atoms with Crippen LogP contribution in [0.2, 0.25) is 0 Å². The number of hydrogen-bond acceptors (Lipinski definition) is 4. The number of hydrogen-bond donors (Lipinski definition) is 0. The summed E-state index contributed by atoms with van der Waals surface area (Å²) in [6.07, 6.45) is 4.31. The van der Waals surface area contributed by atoms with Crippen LogP contribution in [-0.2, 0) is 0 Å². The van der Waals surface area contributed by atoms with Crippen molar-refractivity contribution in [3.05, 3.63) is 90.8 Å². The molecule has 0 unspecified atom stereocenters. The van der Waals surface area contributed by atoms with Crippen molar-refractivity contribution in [1.82, 2.24) is 15.0 Å². The maximum Gasteiger partial charge on any atom is 0.194 e. The molecule has 0 saturated heterocycles. The Labute approximate surface area is 138 Å². The summed E-state index contributed by atoms with van der Waals surface area (Å²) in [5, 5.41) is 2.22. The van der Waals surface area contributed by atoms with E-state index in [1.54, 1.807) is 0 Å². The highest BCUT2D eigenvalue weighted by molar-refractivity contribution is 6.25. The SMILES string of the molecule is O=C1c2ccccc2-c2cccc3cccc1c23.c1ncncn1. The van der Waals surface area contributed by atoms with Crippen molar-refractivity contribution >= 4 is 16.6 Å². The van der Waals surface area contributed by atoms with Crippen LogP contribution in [0.25, 0.3) is 21.9 Å². The van der Waals surface area contributed by atoms with Crippen molar-refractivity contribution in [1.29, 1.82) is 0 Å². The standard InChI is InChI=1S/C17H10O.C3H3N3/c18-17-14-8-2-1-7-12(14)13-9-3-5-11-6-4-10-15(17)16(11)13;1-4-2-6-3-5-1/h1-10H;1-3H. The number of ketones is 1. The Hall–Kier alpha value is -3.40. The van der Waals surface area contributed by atoms with E-state index >= 15 is 0 Å².